The van der Waals surface area contributed by atoms with Crippen LogP contribution in [-0.4, -0.2) is 40.9 Å². The molecule has 1 atom stereocenters. The summed E-state index contributed by atoms with van der Waals surface area (Å²) in [5.74, 6) is 0. The molecule has 0 saturated heterocycles. The van der Waals surface area contributed by atoms with E-state index in [0.29, 0.717) is 0 Å². The number of nitriles is 1. The number of hydrogen-bond acceptors (Lipinski definition) is 4. The fourth-order valence-corrected chi connectivity index (χ4v) is 2.03. The van der Waals surface area contributed by atoms with E-state index in [1.807, 2.05) is 20.2 Å². The number of aryl methyl sites for hydroxylation is 2. The quantitative estimate of drug-likeness (QED) is 0.789. The van der Waals surface area contributed by atoms with Gasteiger partial charge in [0.15, 0.2) is 0 Å². The number of hydrogen-bond donors (Lipinski definition) is 1. The van der Waals surface area contributed by atoms with Crippen molar-refractivity contribution >= 4 is 0 Å². The molecule has 0 aliphatic carbocycles. The lowest BCUT2D eigenvalue weighted by molar-refractivity contribution is 0.300. The Labute approximate surface area is 109 Å². The summed E-state index contributed by atoms with van der Waals surface area (Å²) in [6, 6.07) is 2.03. The first-order valence-electron chi connectivity index (χ1n) is 6.47. The molecule has 18 heavy (non-hydrogen) atoms. The molecule has 1 N–H and O–H groups in total. The van der Waals surface area contributed by atoms with Crippen molar-refractivity contribution in [2.75, 3.05) is 26.2 Å². The summed E-state index contributed by atoms with van der Waals surface area (Å²) < 4.78 is 1.75. The lowest BCUT2D eigenvalue weighted by atomic mass is 10.1. The first-order valence-corrected chi connectivity index (χ1v) is 6.47. The van der Waals surface area contributed by atoms with E-state index in [1.165, 1.54) is 0 Å². The van der Waals surface area contributed by atoms with Crippen LogP contribution in [0.4, 0.5) is 0 Å². The molecule has 5 heteroatoms. The predicted molar refractivity (Wildman–Crippen MR) is 72.1 cm³/mol. The van der Waals surface area contributed by atoms with E-state index < -0.39 is 0 Å². The molecule has 0 radical (unpaired) electrons. The zero-order chi connectivity index (χ0) is 13.5. The maximum absolute atomic E-state index is 9.23. The third-order valence-corrected chi connectivity index (χ3v) is 3.16. The second-order valence-corrected chi connectivity index (χ2v) is 4.39. The molecule has 5 nitrogen and oxygen atoms in total. The molecule has 0 fully saturated rings. The molecule has 100 valence electrons. The number of rotatable bonds is 7. The first kappa shape index (κ1) is 14.7. The van der Waals surface area contributed by atoms with Crippen molar-refractivity contribution in [1.82, 2.24) is 20.0 Å². The Morgan fingerprint density at radius 1 is 1.50 bits per heavy atom. The Balaban J connectivity index is 2.53. The molecule has 1 rings (SSSR count). The topological polar surface area (TPSA) is 56.9 Å². The van der Waals surface area contributed by atoms with E-state index in [0.717, 1.165) is 37.4 Å². The van der Waals surface area contributed by atoms with E-state index in [-0.39, 0.29) is 6.04 Å². The van der Waals surface area contributed by atoms with Crippen LogP contribution in [0.2, 0.25) is 0 Å². The van der Waals surface area contributed by atoms with Crippen molar-refractivity contribution in [1.29, 1.82) is 5.26 Å². The van der Waals surface area contributed by atoms with Gasteiger partial charge in [-0.3, -0.25) is 10.00 Å². The zero-order valence-corrected chi connectivity index (χ0v) is 11.8. The second-order valence-electron chi connectivity index (χ2n) is 4.39. The molecule has 0 aliphatic heterocycles. The molecule has 1 aromatic rings. The molecular formula is C13H23N5. The molecule has 0 spiro atoms. The average Bonchev–Trinajstić information content (AvgIpc) is 2.69. The third kappa shape index (κ3) is 3.83. The van der Waals surface area contributed by atoms with Crippen molar-refractivity contribution < 1.29 is 0 Å². The van der Waals surface area contributed by atoms with Crippen LogP contribution < -0.4 is 5.32 Å². The minimum Gasteiger partial charge on any atom is -0.303 e. The molecule has 0 bridgehead atoms. The summed E-state index contributed by atoms with van der Waals surface area (Å²) in [6.45, 7) is 10.1. The molecule has 0 aliphatic rings. The van der Waals surface area contributed by atoms with Crippen LogP contribution in [0, 0.1) is 18.3 Å². The van der Waals surface area contributed by atoms with Crippen LogP contribution in [0.25, 0.3) is 0 Å². The van der Waals surface area contributed by atoms with Gasteiger partial charge in [0.25, 0.3) is 0 Å². The Kier molecular flexibility index (Phi) is 5.83. The van der Waals surface area contributed by atoms with E-state index in [1.54, 1.807) is 4.68 Å². The van der Waals surface area contributed by atoms with E-state index in [9.17, 15) is 5.26 Å². The number of aromatic nitrogens is 2. The fourth-order valence-electron chi connectivity index (χ4n) is 2.03. The summed E-state index contributed by atoms with van der Waals surface area (Å²) in [4.78, 5) is 2.33. The second kappa shape index (κ2) is 7.14. The van der Waals surface area contributed by atoms with Crippen molar-refractivity contribution in [2.45, 2.75) is 26.8 Å². The van der Waals surface area contributed by atoms with Gasteiger partial charge in [0.2, 0.25) is 0 Å². The Hall–Kier alpha value is -1.38. The maximum atomic E-state index is 9.23. The van der Waals surface area contributed by atoms with Crippen LogP contribution in [0.15, 0.2) is 6.20 Å². The maximum Gasteiger partial charge on any atom is 0.124 e. The van der Waals surface area contributed by atoms with E-state index >= 15 is 0 Å². The molecule has 1 unspecified atom stereocenters. The molecular weight excluding hydrogens is 226 g/mol. The Morgan fingerprint density at radius 3 is 2.61 bits per heavy atom. The number of likely N-dealkylation sites (N-methyl/N-ethyl adjacent to an activating group) is 1. The largest absolute Gasteiger partial charge is 0.303 e. The van der Waals surface area contributed by atoms with Gasteiger partial charge >= 0.3 is 0 Å². The Morgan fingerprint density at radius 2 is 2.17 bits per heavy atom. The van der Waals surface area contributed by atoms with Crippen molar-refractivity contribution in [3.05, 3.63) is 17.5 Å². The molecule has 0 amide bonds. The lowest BCUT2D eigenvalue weighted by Crippen LogP contribution is -2.33. The smallest absolute Gasteiger partial charge is 0.124 e. The first-order chi connectivity index (χ1) is 8.62. The summed E-state index contributed by atoms with van der Waals surface area (Å²) in [5, 5.41) is 16.8. The van der Waals surface area contributed by atoms with Gasteiger partial charge in [0.05, 0.1) is 11.8 Å². The van der Waals surface area contributed by atoms with Gasteiger partial charge in [-0.2, -0.15) is 10.4 Å². The van der Waals surface area contributed by atoms with Crippen LogP contribution in [0.5, 0.6) is 0 Å². The van der Waals surface area contributed by atoms with Gasteiger partial charge in [-0.1, -0.05) is 13.8 Å². The monoisotopic (exact) mass is 249 g/mol. The van der Waals surface area contributed by atoms with Crippen LogP contribution in [-0.2, 0) is 7.05 Å². The highest BCUT2D eigenvalue weighted by molar-refractivity contribution is 5.25. The van der Waals surface area contributed by atoms with Gasteiger partial charge in [-0.05, 0) is 20.0 Å². The average molecular weight is 249 g/mol. The van der Waals surface area contributed by atoms with Gasteiger partial charge < -0.3 is 4.90 Å². The molecule has 0 aromatic carbocycles. The van der Waals surface area contributed by atoms with Crippen molar-refractivity contribution in [2.24, 2.45) is 7.05 Å². The van der Waals surface area contributed by atoms with E-state index in [2.05, 4.69) is 35.2 Å². The zero-order valence-electron chi connectivity index (χ0n) is 11.8. The highest BCUT2D eigenvalue weighted by atomic mass is 15.3. The van der Waals surface area contributed by atoms with Gasteiger partial charge in [0, 0.05) is 31.9 Å². The van der Waals surface area contributed by atoms with Gasteiger partial charge in [0.1, 0.15) is 6.04 Å². The van der Waals surface area contributed by atoms with Gasteiger partial charge in [-0.25, -0.2) is 0 Å². The fraction of sp³-hybridized carbons (Fsp3) is 0.692. The SMILES string of the molecule is CCN(CC)CCNC(C#N)c1cn(C)nc1C. The highest BCUT2D eigenvalue weighted by Gasteiger charge is 2.15. The lowest BCUT2D eigenvalue weighted by Gasteiger charge is -2.19. The van der Waals surface area contributed by atoms with Crippen molar-refractivity contribution in [3.8, 4) is 6.07 Å². The predicted octanol–water partition coefficient (Wildman–Crippen LogP) is 1.22. The summed E-state index contributed by atoms with van der Waals surface area (Å²) in [5.41, 5.74) is 1.89. The number of nitrogens with zero attached hydrogens (tertiary/aromatic N) is 4. The van der Waals surface area contributed by atoms with Crippen LogP contribution in [0.3, 0.4) is 0 Å². The minimum absolute atomic E-state index is 0.269. The normalized spacial score (nSPS) is 12.7. The van der Waals surface area contributed by atoms with Crippen molar-refractivity contribution in [3.63, 3.8) is 0 Å². The summed E-state index contributed by atoms with van der Waals surface area (Å²) in [6.07, 6.45) is 1.91. The molecule has 0 saturated carbocycles. The standard InChI is InChI=1S/C13H23N5/c1-5-18(6-2)8-7-15-13(9-14)12-10-17(4)16-11(12)3/h10,13,15H,5-8H2,1-4H3. The summed E-state index contributed by atoms with van der Waals surface area (Å²) in [7, 11) is 1.88. The molecule has 1 aromatic heterocycles. The summed E-state index contributed by atoms with van der Waals surface area (Å²) >= 11 is 0. The Bertz CT molecular complexity index is 400. The van der Waals surface area contributed by atoms with Gasteiger partial charge in [-0.15, -0.1) is 0 Å². The molecule has 1 heterocycles. The van der Waals surface area contributed by atoms with E-state index in [4.69, 9.17) is 0 Å². The number of nitrogens with one attached hydrogen (secondary N) is 1. The van der Waals surface area contributed by atoms with Crippen LogP contribution >= 0.6 is 0 Å². The highest BCUT2D eigenvalue weighted by Crippen LogP contribution is 2.14. The van der Waals surface area contributed by atoms with Crippen LogP contribution in [0.1, 0.15) is 31.1 Å². The third-order valence-electron chi connectivity index (χ3n) is 3.16. The minimum atomic E-state index is -0.269.